The molecular formula is C11H17NO3S. The zero-order valence-corrected chi connectivity index (χ0v) is 10.3. The molecule has 0 aliphatic heterocycles. The Morgan fingerprint density at radius 1 is 1.25 bits per heavy atom. The standard InChI is InChI=1S/C11H17NO3S/c1-9(2)11-5-3-10(4-6-11)7-12-8-16(13,14)15/h3-6,9,12H,7-8H2,1-2H3,(H,13,14,15). The van der Waals surface area contributed by atoms with Crippen molar-refractivity contribution in [2.75, 3.05) is 5.88 Å². The molecule has 0 amide bonds. The average Bonchev–Trinajstić information content (AvgIpc) is 2.16. The first-order chi connectivity index (χ1) is 7.38. The van der Waals surface area contributed by atoms with Gasteiger partial charge in [0.25, 0.3) is 10.1 Å². The maximum atomic E-state index is 10.5. The van der Waals surface area contributed by atoms with E-state index in [1.807, 2.05) is 24.3 Å². The molecule has 0 aromatic heterocycles. The van der Waals surface area contributed by atoms with Gasteiger partial charge in [-0.1, -0.05) is 38.1 Å². The summed E-state index contributed by atoms with van der Waals surface area (Å²) in [5.74, 6) is 0.0682. The summed E-state index contributed by atoms with van der Waals surface area (Å²) in [7, 11) is -3.93. The van der Waals surface area contributed by atoms with Crippen molar-refractivity contribution in [1.29, 1.82) is 0 Å². The predicted octanol–water partition coefficient (Wildman–Crippen LogP) is 1.74. The number of benzene rings is 1. The summed E-state index contributed by atoms with van der Waals surface area (Å²) in [4.78, 5) is 0. The lowest BCUT2D eigenvalue weighted by Crippen LogP contribution is -2.21. The molecule has 0 heterocycles. The molecule has 5 heteroatoms. The summed E-state index contributed by atoms with van der Waals surface area (Å²) in [5, 5.41) is 2.65. The lowest BCUT2D eigenvalue weighted by Gasteiger charge is -2.07. The molecule has 0 spiro atoms. The molecule has 0 atom stereocenters. The average molecular weight is 243 g/mol. The predicted molar refractivity (Wildman–Crippen MR) is 63.8 cm³/mol. The van der Waals surface area contributed by atoms with Crippen molar-refractivity contribution in [3.8, 4) is 0 Å². The lowest BCUT2D eigenvalue weighted by molar-refractivity contribution is 0.476. The van der Waals surface area contributed by atoms with Crippen LogP contribution in [0.5, 0.6) is 0 Å². The first kappa shape index (κ1) is 13.2. The van der Waals surface area contributed by atoms with Crippen LogP contribution in [0.3, 0.4) is 0 Å². The van der Waals surface area contributed by atoms with Crippen LogP contribution in [-0.2, 0) is 16.7 Å². The third kappa shape index (κ3) is 4.74. The molecule has 0 aliphatic rings. The van der Waals surface area contributed by atoms with Gasteiger partial charge in [0.15, 0.2) is 0 Å². The van der Waals surface area contributed by atoms with E-state index in [0.29, 0.717) is 12.5 Å². The Balaban J connectivity index is 2.50. The molecule has 0 radical (unpaired) electrons. The third-order valence-electron chi connectivity index (χ3n) is 2.26. The molecule has 0 unspecified atom stereocenters. The zero-order valence-electron chi connectivity index (χ0n) is 9.47. The molecule has 0 saturated carbocycles. The normalized spacial score (nSPS) is 12.0. The second-order valence-corrected chi connectivity index (χ2v) is 5.50. The number of rotatable bonds is 5. The monoisotopic (exact) mass is 243 g/mol. The molecule has 0 saturated heterocycles. The zero-order chi connectivity index (χ0) is 12.2. The van der Waals surface area contributed by atoms with E-state index in [1.165, 1.54) is 5.56 Å². The quantitative estimate of drug-likeness (QED) is 0.773. The van der Waals surface area contributed by atoms with Gasteiger partial charge in [-0.3, -0.25) is 9.87 Å². The van der Waals surface area contributed by atoms with Gasteiger partial charge in [0, 0.05) is 6.54 Å². The van der Waals surface area contributed by atoms with Crippen molar-refractivity contribution in [3.05, 3.63) is 35.4 Å². The number of hydrogen-bond acceptors (Lipinski definition) is 3. The van der Waals surface area contributed by atoms with Gasteiger partial charge in [-0.25, -0.2) is 0 Å². The van der Waals surface area contributed by atoms with E-state index in [4.69, 9.17) is 4.55 Å². The molecule has 4 nitrogen and oxygen atoms in total. The van der Waals surface area contributed by atoms with E-state index in [9.17, 15) is 8.42 Å². The van der Waals surface area contributed by atoms with Gasteiger partial charge in [0.1, 0.15) is 5.88 Å². The summed E-state index contributed by atoms with van der Waals surface area (Å²) in [6, 6.07) is 7.95. The number of nitrogens with one attached hydrogen (secondary N) is 1. The van der Waals surface area contributed by atoms with Crippen molar-refractivity contribution in [1.82, 2.24) is 5.32 Å². The fourth-order valence-corrected chi connectivity index (χ4v) is 1.70. The van der Waals surface area contributed by atoms with Crippen molar-refractivity contribution in [3.63, 3.8) is 0 Å². The van der Waals surface area contributed by atoms with Gasteiger partial charge in [-0.05, 0) is 17.0 Å². The largest absolute Gasteiger partial charge is 0.298 e. The summed E-state index contributed by atoms with van der Waals surface area (Å²) in [6.45, 7) is 4.66. The Kier molecular flexibility index (Phi) is 4.46. The van der Waals surface area contributed by atoms with E-state index in [2.05, 4.69) is 19.2 Å². The molecule has 0 aliphatic carbocycles. The molecule has 90 valence electrons. The van der Waals surface area contributed by atoms with Crippen LogP contribution in [0, 0.1) is 0 Å². The van der Waals surface area contributed by atoms with Gasteiger partial charge >= 0.3 is 0 Å². The first-order valence-corrected chi connectivity index (χ1v) is 6.74. The minimum absolute atomic E-state index is 0.418. The van der Waals surface area contributed by atoms with Crippen LogP contribution in [0.1, 0.15) is 30.9 Å². The molecule has 1 aromatic carbocycles. The Labute approximate surface area is 96.4 Å². The lowest BCUT2D eigenvalue weighted by atomic mass is 10.0. The Morgan fingerprint density at radius 3 is 2.25 bits per heavy atom. The fraction of sp³-hybridized carbons (Fsp3) is 0.455. The highest BCUT2D eigenvalue weighted by atomic mass is 32.2. The van der Waals surface area contributed by atoms with Crippen LogP contribution < -0.4 is 5.32 Å². The molecule has 0 bridgehead atoms. The minimum atomic E-state index is -3.93. The van der Waals surface area contributed by atoms with E-state index in [1.54, 1.807) is 0 Å². The maximum absolute atomic E-state index is 10.5. The third-order valence-corrected chi connectivity index (χ3v) is 2.83. The summed E-state index contributed by atoms with van der Waals surface area (Å²) < 4.78 is 29.4. The van der Waals surface area contributed by atoms with Gasteiger partial charge in [-0.15, -0.1) is 0 Å². The van der Waals surface area contributed by atoms with Gasteiger partial charge in [0.2, 0.25) is 0 Å². The van der Waals surface area contributed by atoms with Crippen LogP contribution in [0.25, 0.3) is 0 Å². The van der Waals surface area contributed by atoms with Crippen LogP contribution in [0.2, 0.25) is 0 Å². The second-order valence-electron chi connectivity index (χ2n) is 4.05. The van der Waals surface area contributed by atoms with Gasteiger partial charge in [-0.2, -0.15) is 8.42 Å². The van der Waals surface area contributed by atoms with Gasteiger partial charge < -0.3 is 0 Å². The van der Waals surface area contributed by atoms with E-state index < -0.39 is 16.0 Å². The SMILES string of the molecule is CC(C)c1ccc(CNCS(=O)(=O)O)cc1. The van der Waals surface area contributed by atoms with Crippen LogP contribution in [0.4, 0.5) is 0 Å². The van der Waals surface area contributed by atoms with Crippen molar-refractivity contribution in [2.24, 2.45) is 0 Å². The van der Waals surface area contributed by atoms with Crippen LogP contribution in [0.15, 0.2) is 24.3 Å². The summed E-state index contributed by atoms with van der Waals surface area (Å²) >= 11 is 0. The van der Waals surface area contributed by atoms with E-state index in [-0.39, 0.29) is 0 Å². The van der Waals surface area contributed by atoms with Crippen LogP contribution >= 0.6 is 0 Å². The highest BCUT2D eigenvalue weighted by Crippen LogP contribution is 2.14. The summed E-state index contributed by atoms with van der Waals surface area (Å²) in [6.07, 6.45) is 0. The van der Waals surface area contributed by atoms with E-state index >= 15 is 0 Å². The highest BCUT2D eigenvalue weighted by molar-refractivity contribution is 7.85. The second kappa shape index (κ2) is 5.43. The highest BCUT2D eigenvalue weighted by Gasteiger charge is 2.03. The Hall–Kier alpha value is -0.910. The van der Waals surface area contributed by atoms with Crippen molar-refractivity contribution in [2.45, 2.75) is 26.3 Å². The fourth-order valence-electron chi connectivity index (χ4n) is 1.34. The molecule has 1 aromatic rings. The van der Waals surface area contributed by atoms with E-state index in [0.717, 1.165) is 5.56 Å². The Morgan fingerprint density at radius 2 is 1.81 bits per heavy atom. The Bertz CT molecular complexity index is 423. The minimum Gasteiger partial charge on any atom is -0.298 e. The maximum Gasteiger partial charge on any atom is 0.278 e. The first-order valence-electron chi connectivity index (χ1n) is 5.13. The number of hydrogen-bond donors (Lipinski definition) is 2. The van der Waals surface area contributed by atoms with Crippen LogP contribution in [-0.4, -0.2) is 18.8 Å². The molecule has 0 fully saturated rings. The van der Waals surface area contributed by atoms with Crippen molar-refractivity contribution >= 4 is 10.1 Å². The molecule has 1 rings (SSSR count). The molecular weight excluding hydrogens is 226 g/mol. The molecule has 2 N–H and O–H groups in total. The van der Waals surface area contributed by atoms with Crippen molar-refractivity contribution < 1.29 is 13.0 Å². The summed E-state index contributed by atoms with van der Waals surface area (Å²) in [5.41, 5.74) is 2.24. The topological polar surface area (TPSA) is 66.4 Å². The molecule has 16 heavy (non-hydrogen) atoms. The van der Waals surface area contributed by atoms with Gasteiger partial charge in [0.05, 0.1) is 0 Å². The smallest absolute Gasteiger partial charge is 0.278 e.